The van der Waals surface area contributed by atoms with E-state index in [1.54, 1.807) is 7.05 Å². The van der Waals surface area contributed by atoms with Crippen molar-refractivity contribution in [1.82, 2.24) is 15.4 Å². The van der Waals surface area contributed by atoms with Crippen LogP contribution in [0, 0.1) is 0 Å². The first-order valence-corrected chi connectivity index (χ1v) is 12.0. The molecule has 1 atom stereocenters. The Morgan fingerprint density at radius 1 is 1.19 bits per heavy atom. The summed E-state index contributed by atoms with van der Waals surface area (Å²) in [7, 11) is 1.67. The maximum atomic E-state index is 13.4. The van der Waals surface area contributed by atoms with Crippen LogP contribution >= 0.6 is 11.3 Å². The number of carbonyl (C=O) groups is 2. The van der Waals surface area contributed by atoms with Gasteiger partial charge in [-0.05, 0) is 49.1 Å². The van der Waals surface area contributed by atoms with E-state index < -0.39 is 0 Å². The second kappa shape index (κ2) is 8.46. The Labute approximate surface area is 185 Å². The van der Waals surface area contributed by atoms with Crippen LogP contribution in [0.1, 0.15) is 75.9 Å². The van der Waals surface area contributed by atoms with Gasteiger partial charge in [-0.2, -0.15) is 0 Å². The number of rotatable bonds is 5. The zero-order valence-electron chi connectivity index (χ0n) is 17.7. The van der Waals surface area contributed by atoms with Gasteiger partial charge in [0.05, 0.1) is 4.88 Å². The van der Waals surface area contributed by atoms with Crippen molar-refractivity contribution in [3.05, 3.63) is 52.2 Å². The summed E-state index contributed by atoms with van der Waals surface area (Å²) in [4.78, 5) is 28.8. The first-order chi connectivity index (χ1) is 15.2. The van der Waals surface area contributed by atoms with Crippen molar-refractivity contribution in [3.63, 3.8) is 0 Å². The molecule has 3 heterocycles. The summed E-state index contributed by atoms with van der Waals surface area (Å²) in [6.45, 7) is 0.715. The number of nitrogens with one attached hydrogen (secondary N) is 1. The first-order valence-electron chi connectivity index (χ1n) is 11.2. The lowest BCUT2D eigenvalue weighted by Gasteiger charge is -2.29. The fourth-order valence-electron chi connectivity index (χ4n) is 4.59. The molecule has 3 aromatic rings. The molecular weight excluding hydrogens is 410 g/mol. The predicted molar refractivity (Wildman–Crippen MR) is 121 cm³/mol. The Kier molecular flexibility index (Phi) is 5.52. The molecule has 7 heteroatoms. The van der Waals surface area contributed by atoms with Gasteiger partial charge in [-0.3, -0.25) is 9.59 Å². The van der Waals surface area contributed by atoms with E-state index >= 15 is 0 Å². The molecule has 5 rings (SSSR count). The number of aromatic nitrogens is 1. The summed E-state index contributed by atoms with van der Waals surface area (Å²) in [5.74, 6) is 1.15. The zero-order chi connectivity index (χ0) is 21.4. The van der Waals surface area contributed by atoms with Gasteiger partial charge in [-0.15, -0.1) is 11.3 Å². The Morgan fingerprint density at radius 3 is 2.84 bits per heavy atom. The van der Waals surface area contributed by atoms with Gasteiger partial charge in [-0.25, -0.2) is 0 Å². The lowest BCUT2D eigenvalue weighted by Crippen LogP contribution is -2.41. The zero-order valence-corrected chi connectivity index (χ0v) is 18.5. The van der Waals surface area contributed by atoms with Crippen LogP contribution < -0.4 is 5.32 Å². The highest BCUT2D eigenvalue weighted by Crippen LogP contribution is 2.40. The number of fused-ring (bicyclic) bond motifs is 1. The third-order valence-electron chi connectivity index (χ3n) is 6.44. The molecule has 31 heavy (non-hydrogen) atoms. The monoisotopic (exact) mass is 437 g/mol. The summed E-state index contributed by atoms with van der Waals surface area (Å²) < 4.78 is 6.55. The van der Waals surface area contributed by atoms with Crippen molar-refractivity contribution in [2.24, 2.45) is 0 Å². The van der Waals surface area contributed by atoms with Crippen LogP contribution in [0.25, 0.3) is 10.1 Å². The van der Waals surface area contributed by atoms with Gasteiger partial charge < -0.3 is 14.7 Å². The Morgan fingerprint density at radius 2 is 2.03 bits per heavy atom. The Balaban J connectivity index is 1.47. The number of thiophene rings is 1. The normalized spacial score (nSPS) is 19.4. The second-order valence-electron chi connectivity index (χ2n) is 8.58. The number of likely N-dealkylation sites (tertiary alicyclic amines) is 1. The van der Waals surface area contributed by atoms with Crippen LogP contribution in [-0.2, 0) is 6.42 Å². The molecule has 1 aliphatic carbocycles. The average Bonchev–Trinajstić information content (AvgIpc) is 3.48. The molecule has 1 aliphatic heterocycles. The largest absolute Gasteiger partial charge is 0.360 e. The molecule has 2 aliphatic rings. The van der Waals surface area contributed by atoms with E-state index in [9.17, 15) is 9.59 Å². The summed E-state index contributed by atoms with van der Waals surface area (Å²) in [6, 6.07) is 10.0. The number of amides is 2. The molecule has 6 nitrogen and oxygen atoms in total. The van der Waals surface area contributed by atoms with Crippen LogP contribution in [-0.4, -0.2) is 41.5 Å². The fourth-order valence-corrected chi connectivity index (χ4v) is 5.77. The van der Waals surface area contributed by atoms with Crippen LogP contribution in [0.15, 0.2) is 34.9 Å². The number of hydrogen-bond acceptors (Lipinski definition) is 5. The molecule has 2 amide bonds. The average molecular weight is 438 g/mol. The van der Waals surface area contributed by atoms with Gasteiger partial charge in [0.1, 0.15) is 5.76 Å². The van der Waals surface area contributed by atoms with E-state index in [0.29, 0.717) is 24.6 Å². The molecule has 0 spiro atoms. The topological polar surface area (TPSA) is 75.4 Å². The van der Waals surface area contributed by atoms with Gasteiger partial charge in [0.15, 0.2) is 5.69 Å². The van der Waals surface area contributed by atoms with E-state index in [-0.39, 0.29) is 17.9 Å². The second-order valence-corrected chi connectivity index (χ2v) is 9.63. The van der Waals surface area contributed by atoms with Gasteiger partial charge in [0.2, 0.25) is 0 Å². The quantitative estimate of drug-likeness (QED) is 0.625. The molecule has 2 fully saturated rings. The highest BCUT2D eigenvalue weighted by molar-refractivity contribution is 7.21. The summed E-state index contributed by atoms with van der Waals surface area (Å²) in [5.41, 5.74) is 1.46. The standard InChI is InChI=1S/C24H27N3O3S/c1-25-23(28)22-18(17-8-4-5-9-21(17)31-22)13-16-7-3-2-6-12-27(16)24(29)19-14-20(30-26-19)15-10-11-15/h4-5,8-9,14-16H,2-3,6-7,10-13H2,1H3,(H,25,28)/t16-/m0/s1. The fraction of sp³-hybridized carbons (Fsp3) is 0.458. The number of carbonyl (C=O) groups excluding carboxylic acids is 2. The summed E-state index contributed by atoms with van der Waals surface area (Å²) in [5, 5.41) is 7.99. The minimum absolute atomic E-state index is 0.0393. The van der Waals surface area contributed by atoms with Gasteiger partial charge in [0.25, 0.3) is 11.8 Å². The molecule has 2 aromatic heterocycles. The minimum atomic E-state index is -0.0618. The van der Waals surface area contributed by atoms with E-state index in [1.165, 1.54) is 11.3 Å². The summed E-state index contributed by atoms with van der Waals surface area (Å²) in [6.07, 6.45) is 7.01. The van der Waals surface area contributed by atoms with Crippen LogP contribution in [0.5, 0.6) is 0 Å². The smallest absolute Gasteiger partial charge is 0.276 e. The highest BCUT2D eigenvalue weighted by Gasteiger charge is 2.33. The third-order valence-corrected chi connectivity index (χ3v) is 7.65. The van der Waals surface area contributed by atoms with E-state index in [1.807, 2.05) is 23.1 Å². The lowest BCUT2D eigenvalue weighted by atomic mass is 9.97. The van der Waals surface area contributed by atoms with Crippen molar-refractivity contribution in [2.75, 3.05) is 13.6 Å². The van der Waals surface area contributed by atoms with Crippen molar-refractivity contribution in [2.45, 2.75) is 56.9 Å². The molecule has 1 saturated carbocycles. The molecule has 1 saturated heterocycles. The molecule has 0 unspecified atom stereocenters. The Bertz CT molecular complexity index is 1110. The first kappa shape index (κ1) is 20.2. The van der Waals surface area contributed by atoms with Crippen molar-refractivity contribution >= 4 is 33.2 Å². The van der Waals surface area contributed by atoms with E-state index in [2.05, 4.69) is 22.6 Å². The number of benzene rings is 1. The number of nitrogens with zero attached hydrogens (tertiary/aromatic N) is 2. The molecule has 162 valence electrons. The summed E-state index contributed by atoms with van der Waals surface area (Å²) >= 11 is 1.53. The van der Waals surface area contributed by atoms with Crippen molar-refractivity contribution in [3.8, 4) is 0 Å². The molecule has 1 N–H and O–H groups in total. The molecule has 0 bridgehead atoms. The van der Waals surface area contributed by atoms with Crippen molar-refractivity contribution < 1.29 is 14.1 Å². The van der Waals surface area contributed by atoms with Crippen molar-refractivity contribution in [1.29, 1.82) is 0 Å². The Hall–Kier alpha value is -2.67. The lowest BCUT2D eigenvalue weighted by molar-refractivity contribution is 0.0671. The molecule has 0 radical (unpaired) electrons. The predicted octanol–water partition coefficient (Wildman–Crippen LogP) is 4.75. The van der Waals surface area contributed by atoms with Crippen LogP contribution in [0.2, 0.25) is 0 Å². The number of hydrogen-bond donors (Lipinski definition) is 1. The highest BCUT2D eigenvalue weighted by atomic mass is 32.1. The molecule has 1 aromatic carbocycles. The van der Waals surface area contributed by atoms with E-state index in [0.717, 1.165) is 64.8 Å². The SMILES string of the molecule is CNC(=O)c1sc2ccccc2c1C[C@@H]1CCCCCN1C(=O)c1cc(C2CC2)on1. The van der Waals surface area contributed by atoms with Gasteiger partial charge in [-0.1, -0.05) is 36.2 Å². The minimum Gasteiger partial charge on any atom is -0.360 e. The van der Waals surface area contributed by atoms with Gasteiger partial charge in [0, 0.05) is 36.3 Å². The third kappa shape index (κ3) is 3.99. The molecular formula is C24H27N3O3S. The van der Waals surface area contributed by atoms with E-state index in [4.69, 9.17) is 4.52 Å². The maximum absolute atomic E-state index is 13.4. The van der Waals surface area contributed by atoms with Crippen LogP contribution in [0.3, 0.4) is 0 Å². The maximum Gasteiger partial charge on any atom is 0.276 e. The van der Waals surface area contributed by atoms with Gasteiger partial charge >= 0.3 is 0 Å². The van der Waals surface area contributed by atoms with Crippen LogP contribution in [0.4, 0.5) is 0 Å².